The highest BCUT2D eigenvalue weighted by Gasteiger charge is 2.51. The van der Waals surface area contributed by atoms with E-state index in [2.05, 4.69) is 25.8 Å². The molecule has 2 rings (SSSR count). The number of hydrogen-bond donors (Lipinski definition) is 1. The Bertz CT molecular complexity index is 218. The molecule has 14 heavy (non-hydrogen) atoms. The summed E-state index contributed by atoms with van der Waals surface area (Å²) in [6, 6.07) is 0.783. The van der Waals surface area contributed by atoms with Gasteiger partial charge in [-0.3, -0.25) is 0 Å². The van der Waals surface area contributed by atoms with Crippen LogP contribution in [0.3, 0.4) is 0 Å². The van der Waals surface area contributed by atoms with E-state index in [1.165, 1.54) is 38.6 Å². The maximum atomic E-state index is 6.33. The van der Waals surface area contributed by atoms with Crippen LogP contribution in [0.15, 0.2) is 0 Å². The molecule has 1 saturated carbocycles. The number of likely N-dealkylation sites (tertiary alicyclic amines) is 1. The highest BCUT2D eigenvalue weighted by molar-refractivity contribution is 5.10. The molecule has 1 heterocycles. The van der Waals surface area contributed by atoms with E-state index in [0.29, 0.717) is 5.41 Å². The highest BCUT2D eigenvalue weighted by atomic mass is 15.1. The Morgan fingerprint density at radius 3 is 2.50 bits per heavy atom. The van der Waals surface area contributed by atoms with Gasteiger partial charge in [0.1, 0.15) is 0 Å². The monoisotopic (exact) mass is 196 g/mol. The van der Waals surface area contributed by atoms with Gasteiger partial charge < -0.3 is 10.6 Å². The van der Waals surface area contributed by atoms with Gasteiger partial charge >= 0.3 is 0 Å². The SMILES string of the molecule is CN1CCCC1CC(C)(C)C1(N)CC1. The molecule has 0 amide bonds. The zero-order valence-corrected chi connectivity index (χ0v) is 9.84. The zero-order chi connectivity index (χ0) is 10.4. The van der Waals surface area contributed by atoms with Crippen molar-refractivity contribution in [2.24, 2.45) is 11.1 Å². The number of nitrogens with zero attached hydrogens (tertiary/aromatic N) is 1. The topological polar surface area (TPSA) is 29.3 Å². The summed E-state index contributed by atoms with van der Waals surface area (Å²) in [7, 11) is 2.25. The normalized spacial score (nSPS) is 32.1. The molecule has 0 aromatic carbocycles. The van der Waals surface area contributed by atoms with Gasteiger partial charge in [-0.2, -0.15) is 0 Å². The largest absolute Gasteiger partial charge is 0.325 e. The first-order valence-electron chi connectivity index (χ1n) is 5.94. The van der Waals surface area contributed by atoms with Gasteiger partial charge in [0.2, 0.25) is 0 Å². The van der Waals surface area contributed by atoms with Crippen LogP contribution in [0, 0.1) is 5.41 Å². The molecule has 1 atom stereocenters. The van der Waals surface area contributed by atoms with Gasteiger partial charge in [-0.25, -0.2) is 0 Å². The lowest BCUT2D eigenvalue weighted by atomic mass is 9.76. The molecular weight excluding hydrogens is 172 g/mol. The number of hydrogen-bond acceptors (Lipinski definition) is 2. The lowest BCUT2D eigenvalue weighted by Gasteiger charge is -2.36. The van der Waals surface area contributed by atoms with Crippen LogP contribution in [-0.4, -0.2) is 30.1 Å². The average molecular weight is 196 g/mol. The van der Waals surface area contributed by atoms with Gasteiger partial charge in [0.05, 0.1) is 0 Å². The molecule has 2 aliphatic rings. The van der Waals surface area contributed by atoms with E-state index in [1.807, 2.05) is 0 Å². The summed E-state index contributed by atoms with van der Waals surface area (Å²) < 4.78 is 0. The Kier molecular flexibility index (Phi) is 2.39. The van der Waals surface area contributed by atoms with Crippen molar-refractivity contribution in [2.45, 2.75) is 57.5 Å². The van der Waals surface area contributed by atoms with E-state index >= 15 is 0 Å². The summed E-state index contributed by atoms with van der Waals surface area (Å²) in [5, 5.41) is 0. The third-order valence-electron chi connectivity index (χ3n) is 4.55. The summed E-state index contributed by atoms with van der Waals surface area (Å²) >= 11 is 0. The van der Waals surface area contributed by atoms with Crippen molar-refractivity contribution >= 4 is 0 Å². The minimum Gasteiger partial charge on any atom is -0.325 e. The van der Waals surface area contributed by atoms with Gasteiger partial charge in [-0.15, -0.1) is 0 Å². The second-order valence-corrected chi connectivity index (χ2v) is 6.02. The van der Waals surface area contributed by atoms with Gasteiger partial charge in [0.15, 0.2) is 0 Å². The van der Waals surface area contributed by atoms with Crippen LogP contribution in [0.4, 0.5) is 0 Å². The lowest BCUT2D eigenvalue weighted by Crippen LogP contribution is -2.43. The molecule has 0 bridgehead atoms. The summed E-state index contributed by atoms with van der Waals surface area (Å²) in [4.78, 5) is 2.51. The van der Waals surface area contributed by atoms with E-state index in [0.717, 1.165) is 6.04 Å². The highest BCUT2D eigenvalue weighted by Crippen LogP contribution is 2.50. The molecule has 2 nitrogen and oxygen atoms in total. The van der Waals surface area contributed by atoms with E-state index in [9.17, 15) is 0 Å². The fourth-order valence-corrected chi connectivity index (χ4v) is 2.84. The van der Waals surface area contributed by atoms with Crippen molar-refractivity contribution in [3.63, 3.8) is 0 Å². The minimum absolute atomic E-state index is 0.163. The maximum absolute atomic E-state index is 6.33. The Labute approximate surface area is 87.8 Å². The molecule has 0 radical (unpaired) electrons. The molecule has 1 aliphatic carbocycles. The standard InChI is InChI=1S/C12H24N2/c1-11(2,12(13)6-7-12)9-10-5-4-8-14(10)3/h10H,4-9,13H2,1-3H3. The zero-order valence-electron chi connectivity index (χ0n) is 9.84. The van der Waals surface area contributed by atoms with Crippen LogP contribution < -0.4 is 5.73 Å². The van der Waals surface area contributed by atoms with Crippen LogP contribution in [0.25, 0.3) is 0 Å². The van der Waals surface area contributed by atoms with Crippen LogP contribution >= 0.6 is 0 Å². The van der Waals surface area contributed by atoms with Crippen molar-refractivity contribution in [3.05, 3.63) is 0 Å². The molecule has 1 aliphatic heterocycles. The van der Waals surface area contributed by atoms with Gasteiger partial charge in [-0.05, 0) is 51.1 Å². The Morgan fingerprint density at radius 1 is 1.43 bits per heavy atom. The smallest absolute Gasteiger partial charge is 0.0208 e. The minimum atomic E-state index is 0.163. The van der Waals surface area contributed by atoms with Crippen LogP contribution in [0.1, 0.15) is 46.0 Å². The molecule has 0 aromatic rings. The first kappa shape index (κ1) is 10.4. The molecular formula is C12H24N2. The first-order valence-corrected chi connectivity index (χ1v) is 5.94. The molecule has 2 heteroatoms. The molecule has 2 N–H and O–H groups in total. The molecule has 0 spiro atoms. The van der Waals surface area contributed by atoms with Crippen LogP contribution in [0.2, 0.25) is 0 Å². The predicted octanol–water partition coefficient (Wildman–Crippen LogP) is 1.99. The predicted molar refractivity (Wildman–Crippen MR) is 60.2 cm³/mol. The van der Waals surface area contributed by atoms with Gasteiger partial charge in [0.25, 0.3) is 0 Å². The summed E-state index contributed by atoms with van der Waals surface area (Å²) in [6.07, 6.45) is 6.48. The second kappa shape index (κ2) is 3.21. The molecule has 0 aromatic heterocycles. The molecule has 82 valence electrons. The summed E-state index contributed by atoms with van der Waals surface area (Å²) in [5.41, 5.74) is 6.82. The number of nitrogens with two attached hydrogens (primary N) is 1. The molecule has 2 fully saturated rings. The van der Waals surface area contributed by atoms with E-state index in [1.54, 1.807) is 0 Å². The first-order chi connectivity index (χ1) is 6.45. The quantitative estimate of drug-likeness (QED) is 0.748. The van der Waals surface area contributed by atoms with Gasteiger partial charge in [0, 0.05) is 11.6 Å². The van der Waals surface area contributed by atoms with E-state index < -0.39 is 0 Å². The third-order valence-corrected chi connectivity index (χ3v) is 4.55. The lowest BCUT2D eigenvalue weighted by molar-refractivity contribution is 0.169. The fourth-order valence-electron chi connectivity index (χ4n) is 2.84. The molecule has 1 saturated heterocycles. The number of rotatable bonds is 3. The Balaban J connectivity index is 1.95. The van der Waals surface area contributed by atoms with Crippen molar-refractivity contribution in [1.29, 1.82) is 0 Å². The van der Waals surface area contributed by atoms with Crippen molar-refractivity contribution in [2.75, 3.05) is 13.6 Å². The maximum Gasteiger partial charge on any atom is 0.0208 e. The van der Waals surface area contributed by atoms with E-state index in [-0.39, 0.29) is 5.54 Å². The van der Waals surface area contributed by atoms with Crippen molar-refractivity contribution in [1.82, 2.24) is 4.90 Å². The fraction of sp³-hybridized carbons (Fsp3) is 1.00. The Hall–Kier alpha value is -0.0800. The summed E-state index contributed by atoms with van der Waals surface area (Å²) in [5.74, 6) is 0. The van der Waals surface area contributed by atoms with Gasteiger partial charge in [-0.1, -0.05) is 13.8 Å². The summed E-state index contributed by atoms with van der Waals surface area (Å²) in [6.45, 7) is 5.98. The van der Waals surface area contributed by atoms with Crippen molar-refractivity contribution in [3.8, 4) is 0 Å². The second-order valence-electron chi connectivity index (χ2n) is 6.02. The van der Waals surface area contributed by atoms with Crippen LogP contribution in [-0.2, 0) is 0 Å². The third kappa shape index (κ3) is 1.70. The van der Waals surface area contributed by atoms with Crippen LogP contribution in [0.5, 0.6) is 0 Å². The average Bonchev–Trinajstić information content (AvgIpc) is 2.73. The Morgan fingerprint density at radius 2 is 2.07 bits per heavy atom. The van der Waals surface area contributed by atoms with E-state index in [4.69, 9.17) is 5.73 Å². The van der Waals surface area contributed by atoms with Crippen molar-refractivity contribution < 1.29 is 0 Å². The molecule has 1 unspecified atom stereocenters.